The van der Waals surface area contributed by atoms with Crippen molar-refractivity contribution < 1.29 is 9.53 Å². The number of methoxy groups -OCH3 is 1. The summed E-state index contributed by atoms with van der Waals surface area (Å²) in [6, 6.07) is 19.1. The quantitative estimate of drug-likeness (QED) is 0.368. The van der Waals surface area contributed by atoms with Gasteiger partial charge in [0.25, 0.3) is 5.91 Å². The molecule has 0 radical (unpaired) electrons. The third-order valence-electron chi connectivity index (χ3n) is 4.22. The zero-order valence-electron chi connectivity index (χ0n) is 14.4. The number of thiophene rings is 1. The van der Waals surface area contributed by atoms with Crippen LogP contribution in [0, 0.1) is 0 Å². The van der Waals surface area contributed by atoms with Crippen LogP contribution in [0.25, 0.3) is 20.9 Å². The predicted molar refractivity (Wildman–Crippen MR) is 112 cm³/mol. The van der Waals surface area contributed by atoms with Crippen LogP contribution in [0.3, 0.4) is 0 Å². The number of carbonyl (C=O) groups excluding carboxylic acids is 1. The number of ether oxygens (including phenoxy) is 1. The van der Waals surface area contributed by atoms with Crippen LogP contribution in [-0.4, -0.2) is 19.2 Å². The lowest BCUT2D eigenvalue weighted by Gasteiger charge is -2.05. The van der Waals surface area contributed by atoms with Crippen molar-refractivity contribution in [2.24, 2.45) is 5.10 Å². The number of halogens is 1. The molecule has 134 valence electrons. The number of benzene rings is 3. The summed E-state index contributed by atoms with van der Waals surface area (Å²) in [5, 5.41) is 7.66. The molecule has 1 heterocycles. The molecule has 3 aromatic carbocycles. The number of fused-ring (bicyclic) bond motifs is 2. The molecule has 0 fully saturated rings. The lowest BCUT2D eigenvalue weighted by Crippen LogP contribution is -2.17. The Morgan fingerprint density at radius 1 is 1.11 bits per heavy atom. The zero-order chi connectivity index (χ0) is 18.8. The van der Waals surface area contributed by atoms with E-state index in [9.17, 15) is 4.79 Å². The molecule has 4 nitrogen and oxygen atoms in total. The van der Waals surface area contributed by atoms with E-state index in [-0.39, 0.29) is 5.91 Å². The lowest BCUT2D eigenvalue weighted by atomic mass is 10.1. The van der Waals surface area contributed by atoms with E-state index >= 15 is 0 Å². The highest BCUT2D eigenvalue weighted by Crippen LogP contribution is 2.33. The highest BCUT2D eigenvalue weighted by Gasteiger charge is 2.09. The molecule has 0 atom stereocenters. The SMILES string of the molecule is COc1ccc2cc(C(=O)NN=Cc3sc4ccccc4c3Cl)ccc2c1. The van der Waals surface area contributed by atoms with Gasteiger partial charge in [0.15, 0.2) is 0 Å². The molecule has 0 bridgehead atoms. The number of amides is 1. The van der Waals surface area contributed by atoms with Gasteiger partial charge < -0.3 is 4.74 Å². The summed E-state index contributed by atoms with van der Waals surface area (Å²) in [6.45, 7) is 0. The Bertz CT molecular complexity index is 1180. The van der Waals surface area contributed by atoms with Crippen molar-refractivity contribution in [1.29, 1.82) is 0 Å². The molecule has 4 aromatic rings. The minimum Gasteiger partial charge on any atom is -0.497 e. The number of nitrogens with zero attached hydrogens (tertiary/aromatic N) is 1. The number of carbonyl (C=O) groups is 1. The largest absolute Gasteiger partial charge is 0.497 e. The fraction of sp³-hybridized carbons (Fsp3) is 0.0476. The monoisotopic (exact) mass is 394 g/mol. The van der Waals surface area contributed by atoms with Crippen LogP contribution in [0.5, 0.6) is 5.75 Å². The van der Waals surface area contributed by atoms with Gasteiger partial charge in [-0.1, -0.05) is 41.9 Å². The first-order valence-corrected chi connectivity index (χ1v) is 9.43. The molecule has 1 aromatic heterocycles. The molecule has 1 amide bonds. The molecule has 0 aliphatic rings. The van der Waals surface area contributed by atoms with Crippen LogP contribution < -0.4 is 10.2 Å². The molecule has 1 N–H and O–H groups in total. The van der Waals surface area contributed by atoms with Gasteiger partial charge in [0, 0.05) is 15.6 Å². The van der Waals surface area contributed by atoms with Gasteiger partial charge in [-0.3, -0.25) is 4.79 Å². The van der Waals surface area contributed by atoms with Gasteiger partial charge in [0.1, 0.15) is 5.75 Å². The highest BCUT2D eigenvalue weighted by molar-refractivity contribution is 7.21. The van der Waals surface area contributed by atoms with Gasteiger partial charge in [-0.25, -0.2) is 5.43 Å². The van der Waals surface area contributed by atoms with Crippen LogP contribution in [0.15, 0.2) is 65.8 Å². The van der Waals surface area contributed by atoms with Gasteiger partial charge in [0.05, 0.1) is 23.2 Å². The molecular formula is C21H15ClN2O2S. The summed E-state index contributed by atoms with van der Waals surface area (Å²) in [7, 11) is 1.63. The highest BCUT2D eigenvalue weighted by atomic mass is 35.5. The van der Waals surface area contributed by atoms with Crippen LogP contribution in [0.4, 0.5) is 0 Å². The normalized spacial score (nSPS) is 11.3. The molecule has 0 unspecified atom stereocenters. The Morgan fingerprint density at radius 2 is 1.89 bits per heavy atom. The van der Waals surface area contributed by atoms with Gasteiger partial charge in [0.2, 0.25) is 0 Å². The fourth-order valence-corrected chi connectivity index (χ4v) is 4.18. The van der Waals surface area contributed by atoms with E-state index in [1.54, 1.807) is 19.4 Å². The first-order valence-electron chi connectivity index (χ1n) is 8.24. The van der Waals surface area contributed by atoms with Gasteiger partial charge in [-0.2, -0.15) is 5.10 Å². The third-order valence-corrected chi connectivity index (χ3v) is 5.84. The van der Waals surface area contributed by atoms with Crippen molar-refractivity contribution in [2.45, 2.75) is 0 Å². The van der Waals surface area contributed by atoms with E-state index < -0.39 is 0 Å². The van der Waals surface area contributed by atoms with E-state index in [4.69, 9.17) is 16.3 Å². The average Bonchev–Trinajstić information content (AvgIpc) is 3.03. The van der Waals surface area contributed by atoms with E-state index in [0.29, 0.717) is 10.6 Å². The Labute approximate surface area is 165 Å². The van der Waals surface area contributed by atoms with Crippen LogP contribution in [-0.2, 0) is 0 Å². The van der Waals surface area contributed by atoms with Crippen LogP contribution in [0.2, 0.25) is 5.02 Å². The molecule has 0 aliphatic heterocycles. The second-order valence-electron chi connectivity index (χ2n) is 5.90. The van der Waals surface area contributed by atoms with Crippen molar-refractivity contribution >= 4 is 55.9 Å². The van der Waals surface area contributed by atoms with Crippen molar-refractivity contribution in [3.63, 3.8) is 0 Å². The van der Waals surface area contributed by atoms with Crippen molar-refractivity contribution in [1.82, 2.24) is 5.43 Å². The lowest BCUT2D eigenvalue weighted by molar-refractivity contribution is 0.0955. The minimum absolute atomic E-state index is 0.277. The Balaban J connectivity index is 1.52. The summed E-state index contributed by atoms with van der Waals surface area (Å²) in [5.41, 5.74) is 3.09. The van der Waals surface area contributed by atoms with Crippen molar-refractivity contribution in [2.75, 3.05) is 7.11 Å². The number of nitrogens with one attached hydrogen (secondary N) is 1. The standard InChI is InChI=1S/C21H15ClN2O2S/c1-26-16-9-8-13-10-15(7-6-14(13)11-16)21(25)24-23-12-19-20(22)17-4-2-3-5-18(17)27-19/h2-12H,1H3,(H,24,25). The average molecular weight is 395 g/mol. The topological polar surface area (TPSA) is 50.7 Å². The predicted octanol–water partition coefficient (Wildman–Crippen LogP) is 5.48. The number of hydrogen-bond acceptors (Lipinski definition) is 4. The summed E-state index contributed by atoms with van der Waals surface area (Å²) >= 11 is 7.91. The number of rotatable bonds is 4. The van der Waals surface area contributed by atoms with Crippen LogP contribution in [0.1, 0.15) is 15.2 Å². The maximum atomic E-state index is 12.4. The first-order chi connectivity index (χ1) is 13.2. The zero-order valence-corrected chi connectivity index (χ0v) is 16.0. The van der Waals surface area contributed by atoms with Gasteiger partial charge in [-0.15, -0.1) is 11.3 Å². The van der Waals surface area contributed by atoms with Gasteiger partial charge in [-0.05, 0) is 41.1 Å². The second-order valence-corrected chi connectivity index (χ2v) is 7.37. The second kappa shape index (κ2) is 7.39. The maximum absolute atomic E-state index is 12.4. The molecule has 27 heavy (non-hydrogen) atoms. The summed E-state index contributed by atoms with van der Waals surface area (Å²) in [5.74, 6) is 0.505. The van der Waals surface area contributed by atoms with Crippen molar-refractivity contribution in [3.05, 3.63) is 76.1 Å². The van der Waals surface area contributed by atoms with Crippen molar-refractivity contribution in [3.8, 4) is 5.75 Å². The molecule has 0 spiro atoms. The number of hydrazone groups is 1. The first kappa shape index (κ1) is 17.5. The molecule has 0 saturated heterocycles. The Hall–Kier alpha value is -2.89. The van der Waals surface area contributed by atoms with Gasteiger partial charge >= 0.3 is 0 Å². The van der Waals surface area contributed by atoms with E-state index in [1.807, 2.05) is 54.6 Å². The summed E-state index contributed by atoms with van der Waals surface area (Å²) in [4.78, 5) is 13.2. The molecule has 4 rings (SSSR count). The molecule has 0 aliphatic carbocycles. The smallest absolute Gasteiger partial charge is 0.271 e. The number of hydrogen-bond donors (Lipinski definition) is 1. The fourth-order valence-electron chi connectivity index (χ4n) is 2.82. The molecular weight excluding hydrogens is 380 g/mol. The summed E-state index contributed by atoms with van der Waals surface area (Å²) in [6.07, 6.45) is 1.58. The Kier molecular flexibility index (Phi) is 4.79. The Morgan fingerprint density at radius 3 is 2.70 bits per heavy atom. The van der Waals surface area contributed by atoms with Crippen LogP contribution >= 0.6 is 22.9 Å². The third kappa shape index (κ3) is 3.52. The molecule has 0 saturated carbocycles. The van der Waals surface area contributed by atoms with E-state index in [0.717, 1.165) is 31.5 Å². The van der Waals surface area contributed by atoms with E-state index in [2.05, 4.69) is 10.5 Å². The minimum atomic E-state index is -0.277. The van der Waals surface area contributed by atoms with E-state index in [1.165, 1.54) is 11.3 Å². The maximum Gasteiger partial charge on any atom is 0.271 e. The molecule has 6 heteroatoms. The summed E-state index contributed by atoms with van der Waals surface area (Å²) < 4.78 is 6.30.